The van der Waals surface area contributed by atoms with Gasteiger partial charge in [-0.25, -0.2) is 0 Å². The van der Waals surface area contributed by atoms with E-state index in [2.05, 4.69) is 34.7 Å². The average molecular weight is 340 g/mol. The molecule has 0 unspecified atom stereocenters. The van der Waals surface area contributed by atoms with Gasteiger partial charge < -0.3 is 10.1 Å². The Morgan fingerprint density at radius 1 is 1.45 bits per heavy atom. The summed E-state index contributed by atoms with van der Waals surface area (Å²) in [5.74, 6) is -0.0798. The van der Waals surface area contributed by atoms with Crippen molar-refractivity contribution in [3.05, 3.63) is 47.0 Å². The van der Waals surface area contributed by atoms with Crippen molar-refractivity contribution in [2.75, 3.05) is 6.61 Å². The van der Waals surface area contributed by atoms with Gasteiger partial charge in [-0.15, -0.1) is 6.58 Å². The Bertz CT molecular complexity index is 431. The minimum absolute atomic E-state index is 0.0149. The van der Waals surface area contributed by atoms with Crippen molar-refractivity contribution in [3.8, 4) is 0 Å². The third-order valence-electron chi connectivity index (χ3n) is 3.06. The standard InChI is InChI=1S/C16H22BrNO2/c1-4-6-11-20-12(3)16(19)18-15(5-2)13-7-9-14(17)10-8-13/h4,7-10,12,15H,1,5-6,11H2,2-3H3,(H,18,19)/t12-,15-/m0/s1. The topological polar surface area (TPSA) is 38.3 Å². The molecule has 1 aromatic carbocycles. The zero-order valence-electron chi connectivity index (χ0n) is 12.1. The first-order valence-electron chi connectivity index (χ1n) is 6.86. The Hall–Kier alpha value is -1.13. The Morgan fingerprint density at radius 2 is 2.10 bits per heavy atom. The van der Waals surface area contributed by atoms with Crippen LogP contribution in [0.3, 0.4) is 0 Å². The van der Waals surface area contributed by atoms with Crippen molar-refractivity contribution < 1.29 is 9.53 Å². The van der Waals surface area contributed by atoms with E-state index in [0.717, 1.165) is 22.9 Å². The summed E-state index contributed by atoms with van der Waals surface area (Å²) < 4.78 is 6.48. The summed E-state index contributed by atoms with van der Waals surface area (Å²) >= 11 is 3.41. The van der Waals surface area contributed by atoms with Gasteiger partial charge in [0.05, 0.1) is 12.6 Å². The van der Waals surface area contributed by atoms with Crippen molar-refractivity contribution in [1.82, 2.24) is 5.32 Å². The van der Waals surface area contributed by atoms with Crippen LogP contribution in [-0.4, -0.2) is 18.6 Å². The van der Waals surface area contributed by atoms with Crippen LogP contribution in [0.25, 0.3) is 0 Å². The molecule has 0 heterocycles. The number of halogens is 1. The van der Waals surface area contributed by atoms with Crippen LogP contribution in [0, 0.1) is 0 Å². The second-order valence-corrected chi connectivity index (χ2v) is 5.53. The van der Waals surface area contributed by atoms with Gasteiger partial charge in [-0.2, -0.15) is 0 Å². The molecule has 1 rings (SSSR count). The highest BCUT2D eigenvalue weighted by Gasteiger charge is 2.18. The second-order valence-electron chi connectivity index (χ2n) is 4.61. The Balaban J connectivity index is 2.56. The molecular formula is C16H22BrNO2. The van der Waals surface area contributed by atoms with Crippen molar-refractivity contribution in [2.24, 2.45) is 0 Å². The van der Waals surface area contributed by atoms with Crippen LogP contribution in [0.4, 0.5) is 0 Å². The van der Waals surface area contributed by atoms with Gasteiger partial charge in [-0.05, 0) is 37.5 Å². The quantitative estimate of drug-likeness (QED) is 0.574. The predicted molar refractivity (Wildman–Crippen MR) is 85.5 cm³/mol. The molecule has 110 valence electrons. The summed E-state index contributed by atoms with van der Waals surface area (Å²) in [5.41, 5.74) is 1.10. The minimum Gasteiger partial charge on any atom is -0.368 e. The van der Waals surface area contributed by atoms with E-state index < -0.39 is 6.10 Å². The highest BCUT2D eigenvalue weighted by Crippen LogP contribution is 2.19. The lowest BCUT2D eigenvalue weighted by Gasteiger charge is -2.20. The first-order chi connectivity index (χ1) is 9.58. The molecule has 20 heavy (non-hydrogen) atoms. The molecule has 0 saturated heterocycles. The first kappa shape index (κ1) is 16.9. The predicted octanol–water partition coefficient (Wildman–Crippen LogP) is 4.00. The van der Waals surface area contributed by atoms with E-state index >= 15 is 0 Å². The molecule has 3 nitrogen and oxygen atoms in total. The number of ether oxygens (including phenoxy) is 1. The number of carbonyl (C=O) groups excluding carboxylic acids is 1. The summed E-state index contributed by atoms with van der Waals surface area (Å²) in [6, 6.07) is 8.01. The van der Waals surface area contributed by atoms with Crippen molar-refractivity contribution in [3.63, 3.8) is 0 Å². The Kier molecular flexibility index (Phi) is 7.55. The summed E-state index contributed by atoms with van der Waals surface area (Å²) in [4.78, 5) is 12.1. The lowest BCUT2D eigenvalue weighted by molar-refractivity contribution is -0.132. The SMILES string of the molecule is C=CCCO[C@@H](C)C(=O)N[C@@H](CC)c1ccc(Br)cc1. The minimum atomic E-state index is -0.445. The van der Waals surface area contributed by atoms with Gasteiger partial charge in [0.25, 0.3) is 0 Å². The van der Waals surface area contributed by atoms with Gasteiger partial charge >= 0.3 is 0 Å². The fraction of sp³-hybridized carbons (Fsp3) is 0.438. The lowest BCUT2D eigenvalue weighted by atomic mass is 10.0. The Morgan fingerprint density at radius 3 is 2.65 bits per heavy atom. The highest BCUT2D eigenvalue weighted by molar-refractivity contribution is 9.10. The van der Waals surface area contributed by atoms with E-state index in [1.54, 1.807) is 13.0 Å². The molecule has 0 aliphatic carbocycles. The van der Waals surface area contributed by atoms with Gasteiger partial charge in [0.1, 0.15) is 6.10 Å². The number of rotatable bonds is 8. The third kappa shape index (κ3) is 5.47. The number of carbonyl (C=O) groups is 1. The zero-order chi connectivity index (χ0) is 15.0. The summed E-state index contributed by atoms with van der Waals surface area (Å²) in [7, 11) is 0. The molecular weight excluding hydrogens is 318 g/mol. The van der Waals surface area contributed by atoms with E-state index in [-0.39, 0.29) is 11.9 Å². The molecule has 1 amide bonds. The van der Waals surface area contributed by atoms with E-state index in [1.807, 2.05) is 24.3 Å². The molecule has 0 aliphatic heterocycles. The molecule has 1 aromatic rings. The lowest BCUT2D eigenvalue weighted by Crippen LogP contribution is -2.37. The van der Waals surface area contributed by atoms with Gasteiger partial charge in [0.2, 0.25) is 5.91 Å². The summed E-state index contributed by atoms with van der Waals surface area (Å²) in [6.07, 6.45) is 2.93. The molecule has 4 heteroatoms. The molecule has 0 aliphatic rings. The second kappa shape index (κ2) is 8.93. The van der Waals surface area contributed by atoms with Crippen LogP contribution in [0.5, 0.6) is 0 Å². The maximum atomic E-state index is 12.1. The molecule has 0 spiro atoms. The van der Waals surface area contributed by atoms with Gasteiger partial charge in [-0.1, -0.05) is 41.1 Å². The molecule has 2 atom stereocenters. The monoisotopic (exact) mass is 339 g/mol. The van der Waals surface area contributed by atoms with Crippen molar-refractivity contribution >= 4 is 21.8 Å². The van der Waals surface area contributed by atoms with Crippen LogP contribution in [-0.2, 0) is 9.53 Å². The normalized spacial score (nSPS) is 13.6. The smallest absolute Gasteiger partial charge is 0.249 e. The third-order valence-corrected chi connectivity index (χ3v) is 3.58. The molecule has 1 N–H and O–H groups in total. The average Bonchev–Trinajstić information content (AvgIpc) is 2.45. The summed E-state index contributed by atoms with van der Waals surface area (Å²) in [6.45, 7) is 7.97. The van der Waals surface area contributed by atoms with Crippen LogP contribution in [0.15, 0.2) is 41.4 Å². The van der Waals surface area contributed by atoms with E-state index in [1.165, 1.54) is 0 Å². The first-order valence-corrected chi connectivity index (χ1v) is 7.66. The van der Waals surface area contributed by atoms with Crippen LogP contribution >= 0.6 is 15.9 Å². The van der Waals surface area contributed by atoms with Gasteiger partial charge in [0.15, 0.2) is 0 Å². The maximum absolute atomic E-state index is 12.1. The van der Waals surface area contributed by atoms with Crippen LogP contribution < -0.4 is 5.32 Å². The number of hydrogen-bond donors (Lipinski definition) is 1. The molecule has 0 fully saturated rings. The van der Waals surface area contributed by atoms with E-state index in [4.69, 9.17) is 4.74 Å². The van der Waals surface area contributed by atoms with Crippen LogP contribution in [0.2, 0.25) is 0 Å². The number of hydrogen-bond acceptors (Lipinski definition) is 2. The van der Waals surface area contributed by atoms with Crippen LogP contribution in [0.1, 0.15) is 38.3 Å². The fourth-order valence-electron chi connectivity index (χ4n) is 1.81. The maximum Gasteiger partial charge on any atom is 0.249 e. The highest BCUT2D eigenvalue weighted by atomic mass is 79.9. The molecule has 0 saturated carbocycles. The van der Waals surface area contributed by atoms with Gasteiger partial charge in [-0.3, -0.25) is 4.79 Å². The zero-order valence-corrected chi connectivity index (χ0v) is 13.7. The van der Waals surface area contributed by atoms with Crippen molar-refractivity contribution in [1.29, 1.82) is 0 Å². The summed E-state index contributed by atoms with van der Waals surface area (Å²) in [5, 5.41) is 3.02. The molecule has 0 radical (unpaired) electrons. The Labute approximate surface area is 129 Å². The number of benzene rings is 1. The molecule has 0 aromatic heterocycles. The van der Waals surface area contributed by atoms with Crippen molar-refractivity contribution in [2.45, 2.75) is 38.8 Å². The number of amides is 1. The number of nitrogens with one attached hydrogen (secondary N) is 1. The van der Waals surface area contributed by atoms with Gasteiger partial charge in [0, 0.05) is 4.47 Å². The molecule has 0 bridgehead atoms. The fourth-order valence-corrected chi connectivity index (χ4v) is 2.07. The van der Waals surface area contributed by atoms with E-state index in [9.17, 15) is 4.79 Å². The largest absolute Gasteiger partial charge is 0.368 e. The van der Waals surface area contributed by atoms with E-state index in [0.29, 0.717) is 6.61 Å².